The third kappa shape index (κ3) is 2.36. The van der Waals surface area contributed by atoms with Gasteiger partial charge in [-0.05, 0) is 6.07 Å². The van der Waals surface area contributed by atoms with Crippen LogP contribution in [0.1, 0.15) is 17.3 Å². The molecule has 1 aromatic rings. The summed E-state index contributed by atoms with van der Waals surface area (Å²) in [7, 11) is -2.06. The molecule has 0 aliphatic heterocycles. The van der Waals surface area contributed by atoms with Gasteiger partial charge in [-0.2, -0.15) is 0 Å². The number of nitrogens with zero attached hydrogens (tertiary/aromatic N) is 1. The fourth-order valence-electron chi connectivity index (χ4n) is 0.888. The Morgan fingerprint density at radius 1 is 1.60 bits per heavy atom. The Morgan fingerprint density at radius 3 is 2.60 bits per heavy atom. The van der Waals surface area contributed by atoms with Crippen LogP contribution in [0.25, 0.3) is 0 Å². The Labute approximate surface area is 92.0 Å². The Balaban J connectivity index is 3.12. The lowest BCUT2D eigenvalue weighted by molar-refractivity contribution is 0.0697. The first-order chi connectivity index (χ1) is 6.89. The maximum atomic E-state index is 11.7. The van der Waals surface area contributed by atoms with E-state index in [0.717, 1.165) is 11.3 Å². The monoisotopic (exact) mass is 249 g/mol. The fourth-order valence-corrected chi connectivity index (χ4v) is 3.43. The van der Waals surface area contributed by atoms with Crippen molar-refractivity contribution in [3.05, 3.63) is 17.0 Å². The SMILES string of the molecule is CCN(C)S(=O)(=O)c1cc(C(=O)O)cs1. The molecule has 15 heavy (non-hydrogen) atoms. The predicted octanol–water partition coefficient (Wildman–Crippen LogP) is 1.09. The van der Waals surface area contributed by atoms with E-state index in [9.17, 15) is 13.2 Å². The van der Waals surface area contributed by atoms with Crippen LogP contribution in [-0.2, 0) is 10.0 Å². The van der Waals surface area contributed by atoms with Crippen LogP contribution in [0.15, 0.2) is 15.7 Å². The molecule has 0 fully saturated rings. The van der Waals surface area contributed by atoms with Gasteiger partial charge in [0.1, 0.15) is 4.21 Å². The molecule has 0 unspecified atom stereocenters. The van der Waals surface area contributed by atoms with E-state index in [2.05, 4.69) is 0 Å². The Bertz CT molecular complexity index is 463. The quantitative estimate of drug-likeness (QED) is 0.866. The van der Waals surface area contributed by atoms with Crippen LogP contribution < -0.4 is 0 Å². The lowest BCUT2D eigenvalue weighted by atomic mass is 10.4. The molecule has 5 nitrogen and oxygen atoms in total. The maximum absolute atomic E-state index is 11.7. The molecule has 0 spiro atoms. The molecule has 0 saturated heterocycles. The molecule has 1 heterocycles. The first-order valence-electron chi connectivity index (χ1n) is 4.17. The lowest BCUT2D eigenvalue weighted by Gasteiger charge is -2.12. The van der Waals surface area contributed by atoms with Gasteiger partial charge in [0.15, 0.2) is 0 Å². The lowest BCUT2D eigenvalue weighted by Crippen LogP contribution is -2.25. The van der Waals surface area contributed by atoms with Crippen LogP contribution in [0, 0.1) is 0 Å². The highest BCUT2D eigenvalue weighted by Gasteiger charge is 2.22. The number of sulfonamides is 1. The highest BCUT2D eigenvalue weighted by atomic mass is 32.2. The zero-order chi connectivity index (χ0) is 11.6. The predicted molar refractivity (Wildman–Crippen MR) is 56.8 cm³/mol. The van der Waals surface area contributed by atoms with Gasteiger partial charge in [-0.25, -0.2) is 17.5 Å². The van der Waals surface area contributed by atoms with Crippen molar-refractivity contribution in [2.24, 2.45) is 0 Å². The minimum absolute atomic E-state index is 0.00285. The van der Waals surface area contributed by atoms with E-state index in [4.69, 9.17) is 5.11 Å². The highest BCUT2D eigenvalue weighted by Crippen LogP contribution is 2.22. The summed E-state index contributed by atoms with van der Waals surface area (Å²) in [6, 6.07) is 1.18. The molecule has 0 aromatic carbocycles. The number of carboxylic acid groups (broad SMARTS) is 1. The fraction of sp³-hybridized carbons (Fsp3) is 0.375. The van der Waals surface area contributed by atoms with Gasteiger partial charge in [-0.15, -0.1) is 11.3 Å². The molecular formula is C8H11NO4S2. The average molecular weight is 249 g/mol. The van der Waals surface area contributed by atoms with E-state index in [1.807, 2.05) is 0 Å². The molecule has 1 aromatic heterocycles. The topological polar surface area (TPSA) is 74.7 Å². The summed E-state index contributed by atoms with van der Waals surface area (Å²) in [6.45, 7) is 2.06. The molecule has 1 N–H and O–H groups in total. The molecule has 84 valence electrons. The van der Waals surface area contributed by atoms with Gasteiger partial charge in [0.25, 0.3) is 10.0 Å². The van der Waals surface area contributed by atoms with E-state index in [-0.39, 0.29) is 9.77 Å². The number of hydrogen-bond acceptors (Lipinski definition) is 4. The van der Waals surface area contributed by atoms with E-state index >= 15 is 0 Å². The second kappa shape index (κ2) is 4.30. The summed E-state index contributed by atoms with van der Waals surface area (Å²) in [5.74, 6) is -1.12. The molecule has 0 atom stereocenters. The zero-order valence-electron chi connectivity index (χ0n) is 8.30. The van der Waals surface area contributed by atoms with E-state index in [0.29, 0.717) is 6.54 Å². The van der Waals surface area contributed by atoms with E-state index in [1.54, 1.807) is 6.92 Å². The summed E-state index contributed by atoms with van der Waals surface area (Å²) in [6.07, 6.45) is 0. The number of carbonyl (C=O) groups is 1. The second-order valence-electron chi connectivity index (χ2n) is 2.88. The average Bonchev–Trinajstić information content (AvgIpc) is 2.65. The van der Waals surface area contributed by atoms with Gasteiger partial charge < -0.3 is 5.11 Å². The van der Waals surface area contributed by atoms with Crippen LogP contribution in [0.5, 0.6) is 0 Å². The number of carboxylic acids is 1. The number of aromatic carboxylic acids is 1. The molecule has 0 amide bonds. The second-order valence-corrected chi connectivity index (χ2v) is 6.06. The molecule has 0 aliphatic rings. The molecule has 7 heteroatoms. The van der Waals surface area contributed by atoms with Crippen LogP contribution >= 0.6 is 11.3 Å². The molecule has 0 aliphatic carbocycles. The normalized spacial score (nSPS) is 11.9. The smallest absolute Gasteiger partial charge is 0.336 e. The van der Waals surface area contributed by atoms with E-state index < -0.39 is 16.0 Å². The molecular weight excluding hydrogens is 238 g/mol. The van der Waals surface area contributed by atoms with Gasteiger partial charge in [0.05, 0.1) is 5.56 Å². The van der Waals surface area contributed by atoms with Crippen molar-refractivity contribution < 1.29 is 18.3 Å². The van der Waals surface area contributed by atoms with Crippen molar-refractivity contribution in [3.63, 3.8) is 0 Å². The summed E-state index contributed by atoms with van der Waals surface area (Å²) in [5, 5.41) is 9.98. The van der Waals surface area contributed by atoms with Crippen molar-refractivity contribution in [1.29, 1.82) is 0 Å². The van der Waals surface area contributed by atoms with Crippen LogP contribution in [0.2, 0.25) is 0 Å². The number of rotatable bonds is 4. The van der Waals surface area contributed by atoms with Gasteiger partial charge in [-0.1, -0.05) is 6.92 Å². The van der Waals surface area contributed by atoms with Crippen molar-refractivity contribution in [2.75, 3.05) is 13.6 Å². The summed E-state index contributed by atoms with van der Waals surface area (Å²) < 4.78 is 24.7. The Kier molecular flexibility index (Phi) is 3.48. The number of thiophene rings is 1. The van der Waals surface area contributed by atoms with Crippen molar-refractivity contribution in [3.8, 4) is 0 Å². The third-order valence-corrected chi connectivity index (χ3v) is 5.28. The van der Waals surface area contributed by atoms with Crippen molar-refractivity contribution >= 4 is 27.3 Å². The van der Waals surface area contributed by atoms with Gasteiger partial charge in [0.2, 0.25) is 0 Å². The Morgan fingerprint density at radius 2 is 2.20 bits per heavy atom. The Hall–Kier alpha value is -0.920. The highest BCUT2D eigenvalue weighted by molar-refractivity contribution is 7.91. The van der Waals surface area contributed by atoms with Crippen LogP contribution in [-0.4, -0.2) is 37.4 Å². The minimum atomic E-state index is -3.51. The van der Waals surface area contributed by atoms with E-state index in [1.165, 1.54) is 22.8 Å². The first kappa shape index (κ1) is 12.2. The largest absolute Gasteiger partial charge is 0.478 e. The summed E-state index contributed by atoms with van der Waals surface area (Å²) in [5.41, 5.74) is 0.00285. The standard InChI is InChI=1S/C8H11NO4S2/c1-3-9(2)15(12,13)7-4-6(5-14-7)8(10)11/h4-5H,3H2,1-2H3,(H,10,11). The molecule has 0 saturated carbocycles. The number of hydrogen-bond donors (Lipinski definition) is 1. The van der Waals surface area contributed by atoms with Gasteiger partial charge >= 0.3 is 5.97 Å². The third-order valence-electron chi connectivity index (χ3n) is 1.93. The molecule has 0 radical (unpaired) electrons. The first-order valence-corrected chi connectivity index (χ1v) is 6.49. The van der Waals surface area contributed by atoms with Gasteiger partial charge in [-0.3, -0.25) is 0 Å². The summed E-state index contributed by atoms with van der Waals surface area (Å²) in [4.78, 5) is 10.6. The molecule has 0 bridgehead atoms. The van der Waals surface area contributed by atoms with Crippen LogP contribution in [0.3, 0.4) is 0 Å². The zero-order valence-corrected chi connectivity index (χ0v) is 9.93. The van der Waals surface area contributed by atoms with Crippen LogP contribution in [0.4, 0.5) is 0 Å². The minimum Gasteiger partial charge on any atom is -0.478 e. The van der Waals surface area contributed by atoms with Crippen molar-refractivity contribution in [2.45, 2.75) is 11.1 Å². The summed E-state index contributed by atoms with van der Waals surface area (Å²) >= 11 is 0.918. The molecule has 1 rings (SSSR count). The maximum Gasteiger partial charge on any atom is 0.336 e. The van der Waals surface area contributed by atoms with Crippen molar-refractivity contribution in [1.82, 2.24) is 4.31 Å². The van der Waals surface area contributed by atoms with Gasteiger partial charge in [0, 0.05) is 19.0 Å².